The zero-order chi connectivity index (χ0) is 25.8. The van der Waals surface area contributed by atoms with Crippen LogP contribution in [0.5, 0.6) is 11.5 Å². The molecule has 0 aliphatic carbocycles. The SMILES string of the molecule is CC[C@H](C)NC(=O)[C@@H](C)N(Cc1ccccc1F)C(=O)CN(c1ccc2c(c1)OCO2)S(C)(=O)=O. The number of nitrogens with one attached hydrogen (secondary N) is 1. The Hall–Kier alpha value is -3.34. The first-order valence-corrected chi connectivity index (χ1v) is 13.1. The third-order valence-corrected chi connectivity index (χ3v) is 6.93. The van der Waals surface area contributed by atoms with Crippen LogP contribution in [0.4, 0.5) is 10.1 Å². The van der Waals surface area contributed by atoms with E-state index in [9.17, 15) is 22.4 Å². The molecule has 35 heavy (non-hydrogen) atoms. The number of sulfonamides is 1. The fourth-order valence-corrected chi connectivity index (χ4v) is 4.35. The maximum absolute atomic E-state index is 14.4. The molecule has 0 radical (unpaired) electrons. The standard InChI is InChI=1S/C24H30FN3O6S/c1-5-16(2)26-24(30)17(3)27(13-18-8-6-7-9-20(18)25)23(29)14-28(35(4,31)32)19-10-11-21-22(12-19)34-15-33-21/h6-12,16-17H,5,13-15H2,1-4H3,(H,26,30)/t16-,17+/m0/s1. The number of nitrogens with zero attached hydrogens (tertiary/aromatic N) is 2. The van der Waals surface area contributed by atoms with E-state index in [1.165, 1.54) is 42.2 Å². The zero-order valence-electron chi connectivity index (χ0n) is 20.2. The molecule has 1 heterocycles. The second-order valence-electron chi connectivity index (χ2n) is 8.41. The molecule has 1 aliphatic rings. The van der Waals surface area contributed by atoms with Crippen LogP contribution in [0.25, 0.3) is 0 Å². The summed E-state index contributed by atoms with van der Waals surface area (Å²) in [5, 5.41) is 2.82. The summed E-state index contributed by atoms with van der Waals surface area (Å²) in [5.74, 6) is -0.796. The van der Waals surface area contributed by atoms with Gasteiger partial charge < -0.3 is 19.7 Å². The van der Waals surface area contributed by atoms with Crippen molar-refractivity contribution in [3.63, 3.8) is 0 Å². The summed E-state index contributed by atoms with van der Waals surface area (Å²) in [7, 11) is -3.90. The molecule has 2 atom stereocenters. The monoisotopic (exact) mass is 507 g/mol. The van der Waals surface area contributed by atoms with Gasteiger partial charge in [0.05, 0.1) is 11.9 Å². The summed E-state index contributed by atoms with van der Waals surface area (Å²) >= 11 is 0. The summed E-state index contributed by atoms with van der Waals surface area (Å²) in [4.78, 5) is 27.5. The first-order valence-electron chi connectivity index (χ1n) is 11.2. The van der Waals surface area contributed by atoms with Crippen molar-refractivity contribution < 1.29 is 31.9 Å². The van der Waals surface area contributed by atoms with Crippen molar-refractivity contribution in [1.29, 1.82) is 0 Å². The van der Waals surface area contributed by atoms with E-state index >= 15 is 0 Å². The molecule has 3 rings (SSSR count). The van der Waals surface area contributed by atoms with Gasteiger partial charge in [-0.3, -0.25) is 13.9 Å². The molecule has 190 valence electrons. The number of anilines is 1. The summed E-state index contributed by atoms with van der Waals surface area (Å²) in [6.07, 6.45) is 1.66. The Morgan fingerprint density at radius 3 is 2.46 bits per heavy atom. The second-order valence-corrected chi connectivity index (χ2v) is 10.3. The number of amides is 2. The summed E-state index contributed by atoms with van der Waals surface area (Å²) in [5.41, 5.74) is 0.408. The van der Waals surface area contributed by atoms with Crippen molar-refractivity contribution in [2.45, 2.75) is 45.8 Å². The molecule has 2 aromatic carbocycles. The molecular weight excluding hydrogens is 477 g/mol. The smallest absolute Gasteiger partial charge is 0.244 e. The van der Waals surface area contributed by atoms with Crippen LogP contribution in [0.1, 0.15) is 32.8 Å². The van der Waals surface area contributed by atoms with E-state index in [-0.39, 0.29) is 30.6 Å². The fraction of sp³-hybridized carbons (Fsp3) is 0.417. The largest absolute Gasteiger partial charge is 0.454 e. The van der Waals surface area contributed by atoms with Gasteiger partial charge in [-0.05, 0) is 38.5 Å². The molecule has 0 unspecified atom stereocenters. The summed E-state index contributed by atoms with van der Waals surface area (Å²) in [6.45, 7) is 4.48. The van der Waals surface area contributed by atoms with Gasteiger partial charge in [-0.1, -0.05) is 25.1 Å². The molecule has 0 saturated carbocycles. The molecule has 0 spiro atoms. The molecule has 0 saturated heterocycles. The maximum Gasteiger partial charge on any atom is 0.244 e. The molecule has 0 aromatic heterocycles. The van der Waals surface area contributed by atoms with E-state index in [2.05, 4.69) is 5.32 Å². The van der Waals surface area contributed by atoms with E-state index in [0.29, 0.717) is 17.9 Å². The number of fused-ring (bicyclic) bond motifs is 1. The number of hydrogen-bond donors (Lipinski definition) is 1. The van der Waals surface area contributed by atoms with Crippen LogP contribution < -0.4 is 19.1 Å². The first-order chi connectivity index (χ1) is 16.5. The summed E-state index contributed by atoms with van der Waals surface area (Å²) < 4.78 is 51.2. The van der Waals surface area contributed by atoms with Gasteiger partial charge in [0.15, 0.2) is 11.5 Å². The second kappa shape index (κ2) is 10.9. The van der Waals surface area contributed by atoms with Gasteiger partial charge >= 0.3 is 0 Å². The number of benzene rings is 2. The molecule has 0 bridgehead atoms. The van der Waals surface area contributed by atoms with Gasteiger partial charge in [0.25, 0.3) is 0 Å². The van der Waals surface area contributed by atoms with Crippen molar-refractivity contribution in [1.82, 2.24) is 10.2 Å². The highest BCUT2D eigenvalue weighted by Crippen LogP contribution is 2.36. The van der Waals surface area contributed by atoms with Crippen molar-refractivity contribution in [3.05, 3.63) is 53.8 Å². The lowest BCUT2D eigenvalue weighted by Crippen LogP contribution is -2.52. The molecular formula is C24H30FN3O6S. The molecule has 9 nitrogen and oxygen atoms in total. The van der Waals surface area contributed by atoms with E-state index in [1.54, 1.807) is 12.1 Å². The Labute approximate surface area is 204 Å². The van der Waals surface area contributed by atoms with E-state index in [1.807, 2.05) is 13.8 Å². The Bertz CT molecular complexity index is 1190. The Kier molecular flexibility index (Phi) is 8.21. The quantitative estimate of drug-likeness (QED) is 0.530. The lowest BCUT2D eigenvalue weighted by Gasteiger charge is -2.32. The predicted molar refractivity (Wildman–Crippen MR) is 129 cm³/mol. The highest BCUT2D eigenvalue weighted by molar-refractivity contribution is 7.92. The third kappa shape index (κ3) is 6.41. The van der Waals surface area contributed by atoms with Gasteiger partial charge in [0, 0.05) is 24.2 Å². The minimum Gasteiger partial charge on any atom is -0.454 e. The van der Waals surface area contributed by atoms with Gasteiger partial charge in [-0.2, -0.15) is 0 Å². The van der Waals surface area contributed by atoms with Gasteiger partial charge in [0.2, 0.25) is 28.6 Å². The normalized spacial score (nSPS) is 14.2. The van der Waals surface area contributed by atoms with Crippen LogP contribution in [-0.2, 0) is 26.2 Å². The minimum atomic E-state index is -3.90. The van der Waals surface area contributed by atoms with Crippen molar-refractivity contribution in [2.75, 3.05) is 23.9 Å². The average molecular weight is 508 g/mol. The topological polar surface area (TPSA) is 105 Å². The number of ether oxygens (including phenoxy) is 2. The predicted octanol–water partition coefficient (Wildman–Crippen LogP) is 2.65. The van der Waals surface area contributed by atoms with Crippen molar-refractivity contribution in [3.8, 4) is 11.5 Å². The van der Waals surface area contributed by atoms with E-state index in [4.69, 9.17) is 9.47 Å². The average Bonchev–Trinajstić information content (AvgIpc) is 3.28. The van der Waals surface area contributed by atoms with Crippen LogP contribution in [-0.4, -0.2) is 56.8 Å². The highest BCUT2D eigenvalue weighted by atomic mass is 32.2. The van der Waals surface area contributed by atoms with Crippen molar-refractivity contribution >= 4 is 27.5 Å². The van der Waals surface area contributed by atoms with Crippen LogP contribution in [0.3, 0.4) is 0 Å². The zero-order valence-corrected chi connectivity index (χ0v) is 21.0. The minimum absolute atomic E-state index is 0.00974. The number of rotatable bonds is 10. The van der Waals surface area contributed by atoms with Crippen LogP contribution in [0, 0.1) is 5.82 Å². The molecule has 11 heteroatoms. The lowest BCUT2D eigenvalue weighted by atomic mass is 10.1. The number of hydrogen-bond acceptors (Lipinski definition) is 6. The first kappa shape index (κ1) is 26.3. The van der Waals surface area contributed by atoms with Crippen LogP contribution in [0.15, 0.2) is 42.5 Å². The molecule has 0 fully saturated rings. The maximum atomic E-state index is 14.4. The van der Waals surface area contributed by atoms with Gasteiger partial charge in [-0.15, -0.1) is 0 Å². The highest BCUT2D eigenvalue weighted by Gasteiger charge is 2.31. The Morgan fingerprint density at radius 2 is 1.80 bits per heavy atom. The van der Waals surface area contributed by atoms with Crippen LogP contribution in [0.2, 0.25) is 0 Å². The molecule has 1 aliphatic heterocycles. The number of carbonyl (C=O) groups excluding carboxylic acids is 2. The molecule has 2 aromatic rings. The lowest BCUT2D eigenvalue weighted by molar-refractivity contribution is -0.139. The van der Waals surface area contributed by atoms with E-state index < -0.39 is 40.2 Å². The Balaban J connectivity index is 1.92. The number of carbonyl (C=O) groups is 2. The van der Waals surface area contributed by atoms with Crippen molar-refractivity contribution in [2.24, 2.45) is 0 Å². The molecule has 1 N–H and O–H groups in total. The third-order valence-electron chi connectivity index (χ3n) is 5.79. The fourth-order valence-electron chi connectivity index (χ4n) is 3.51. The van der Waals surface area contributed by atoms with Crippen LogP contribution >= 0.6 is 0 Å². The summed E-state index contributed by atoms with van der Waals surface area (Å²) in [6, 6.07) is 9.35. The van der Waals surface area contributed by atoms with Gasteiger partial charge in [-0.25, -0.2) is 12.8 Å². The molecule has 2 amide bonds. The number of halogens is 1. The van der Waals surface area contributed by atoms with E-state index in [0.717, 1.165) is 10.6 Å². The van der Waals surface area contributed by atoms with Gasteiger partial charge in [0.1, 0.15) is 18.4 Å². The Morgan fingerprint density at radius 1 is 1.11 bits per heavy atom.